The Morgan fingerprint density at radius 3 is 2.58 bits per heavy atom. The number of phenolic OH excluding ortho intramolecular Hbond substituents is 1. The van der Waals surface area contributed by atoms with Crippen LogP contribution < -0.4 is 5.32 Å². The summed E-state index contributed by atoms with van der Waals surface area (Å²) in [5.41, 5.74) is 0.805. The van der Waals surface area contributed by atoms with E-state index in [1.54, 1.807) is 18.2 Å². The van der Waals surface area contributed by atoms with E-state index in [1.165, 1.54) is 19.3 Å². The van der Waals surface area contributed by atoms with E-state index in [9.17, 15) is 14.7 Å². The molecule has 7 nitrogen and oxygen atoms in total. The van der Waals surface area contributed by atoms with Gasteiger partial charge in [-0.3, -0.25) is 5.32 Å². The Kier molecular flexibility index (Phi) is 7.28. The molecule has 0 bridgehead atoms. The Balaban J connectivity index is 1.92. The maximum absolute atomic E-state index is 12.8. The van der Waals surface area contributed by atoms with Crippen molar-refractivity contribution in [1.29, 1.82) is 0 Å². The normalized spacial score (nSPS) is 13.1. The van der Waals surface area contributed by atoms with Gasteiger partial charge in [-0.15, -0.1) is 0 Å². The van der Waals surface area contributed by atoms with Gasteiger partial charge in [0.1, 0.15) is 11.9 Å². The fourth-order valence-electron chi connectivity index (χ4n) is 3.13. The maximum atomic E-state index is 12.8. The molecule has 3 aromatic rings. The number of phenols is 1. The van der Waals surface area contributed by atoms with Gasteiger partial charge in [0.15, 0.2) is 6.10 Å². The van der Waals surface area contributed by atoms with Gasteiger partial charge in [0.25, 0.3) is 0 Å². The monoisotopic (exact) mass is 485 g/mol. The van der Waals surface area contributed by atoms with Gasteiger partial charge in [0, 0.05) is 28.6 Å². The van der Waals surface area contributed by atoms with E-state index < -0.39 is 24.3 Å². The van der Waals surface area contributed by atoms with Crippen molar-refractivity contribution in [2.75, 3.05) is 12.4 Å². The first kappa shape index (κ1) is 22.3. The van der Waals surface area contributed by atoms with Crippen LogP contribution in [0.15, 0.2) is 77.3 Å². The van der Waals surface area contributed by atoms with Crippen LogP contribution in [0, 0.1) is 0 Å². The summed E-state index contributed by atoms with van der Waals surface area (Å²) in [7, 11) is 1.35. The molecule has 160 valence electrons. The number of carbonyl (C=O) groups excluding carboxylic acids is 1. The van der Waals surface area contributed by atoms with Gasteiger partial charge in [0.05, 0.1) is 5.69 Å². The molecule has 0 aromatic heterocycles. The zero-order chi connectivity index (χ0) is 22.4. The van der Waals surface area contributed by atoms with E-state index in [0.717, 1.165) is 16.8 Å². The highest BCUT2D eigenvalue weighted by Gasteiger charge is 2.28. The fourth-order valence-corrected chi connectivity index (χ4v) is 3.51. The van der Waals surface area contributed by atoms with Gasteiger partial charge in [-0.1, -0.05) is 52.3 Å². The van der Waals surface area contributed by atoms with Crippen molar-refractivity contribution in [3.05, 3.63) is 82.9 Å². The van der Waals surface area contributed by atoms with Crippen LogP contribution in [0.25, 0.3) is 10.8 Å². The molecule has 0 heterocycles. The Morgan fingerprint density at radius 1 is 1.10 bits per heavy atom. The zero-order valence-electron chi connectivity index (χ0n) is 16.5. The first-order valence-corrected chi connectivity index (χ1v) is 10.1. The molecule has 0 fully saturated rings. The number of amides is 1. The summed E-state index contributed by atoms with van der Waals surface area (Å²) in [5.74, 6) is -1.31. The number of ether oxygens (including phenoxy) is 2. The smallest absolute Gasteiger partial charge is 0.412 e. The number of carboxylic acids is 1. The fraction of sp³-hybridized carbons (Fsp3) is 0.130. The third-order valence-electron chi connectivity index (χ3n) is 4.56. The number of carbonyl (C=O) groups is 2. The highest BCUT2D eigenvalue weighted by Crippen LogP contribution is 2.34. The lowest BCUT2D eigenvalue weighted by Crippen LogP contribution is -2.27. The molecule has 0 aliphatic rings. The predicted molar refractivity (Wildman–Crippen MR) is 120 cm³/mol. The maximum Gasteiger partial charge on any atom is 0.412 e. The first-order valence-electron chi connectivity index (χ1n) is 9.26. The van der Waals surface area contributed by atoms with Crippen molar-refractivity contribution in [2.24, 2.45) is 0 Å². The lowest BCUT2D eigenvalue weighted by Gasteiger charge is -2.25. The number of halogens is 1. The lowest BCUT2D eigenvalue weighted by molar-refractivity contribution is -0.131. The zero-order valence-corrected chi connectivity index (χ0v) is 18.1. The largest absolute Gasteiger partial charge is 0.508 e. The number of aromatic hydroxyl groups is 1. The second kappa shape index (κ2) is 10.1. The summed E-state index contributed by atoms with van der Waals surface area (Å²) < 4.78 is 11.6. The van der Waals surface area contributed by atoms with Crippen molar-refractivity contribution in [2.45, 2.75) is 12.2 Å². The standard InChI is InChI=1S/C23H20BrNO6/c1-30-20(11-12-21(27)28)22(17-13-15(24)9-10-19(17)26)31-23(29)25-18-8-4-6-14-5-2-3-7-16(14)18/h2-13,20,22,26H,1H3,(H,25,29)(H,27,28)/b12-11+/t20-,22-/m0/s1. The van der Waals surface area contributed by atoms with E-state index in [0.29, 0.717) is 10.2 Å². The van der Waals surface area contributed by atoms with E-state index in [-0.39, 0.29) is 11.3 Å². The summed E-state index contributed by atoms with van der Waals surface area (Å²) in [6.07, 6.45) is -0.727. The second-order valence-corrected chi connectivity index (χ2v) is 7.49. The third-order valence-corrected chi connectivity index (χ3v) is 5.05. The van der Waals surface area contributed by atoms with E-state index in [2.05, 4.69) is 21.2 Å². The Morgan fingerprint density at radius 2 is 1.84 bits per heavy atom. The molecule has 3 rings (SSSR count). The minimum absolute atomic E-state index is 0.128. The topological polar surface area (TPSA) is 105 Å². The van der Waals surface area contributed by atoms with E-state index >= 15 is 0 Å². The number of hydrogen-bond donors (Lipinski definition) is 3. The summed E-state index contributed by atoms with van der Waals surface area (Å²) in [5, 5.41) is 23.8. The van der Waals surface area contributed by atoms with Crippen LogP contribution in [-0.4, -0.2) is 35.5 Å². The van der Waals surface area contributed by atoms with Gasteiger partial charge >= 0.3 is 12.1 Å². The molecule has 3 N–H and O–H groups in total. The second-order valence-electron chi connectivity index (χ2n) is 6.58. The highest BCUT2D eigenvalue weighted by atomic mass is 79.9. The summed E-state index contributed by atoms with van der Waals surface area (Å²) in [6, 6.07) is 17.7. The van der Waals surface area contributed by atoms with Gasteiger partial charge in [-0.25, -0.2) is 9.59 Å². The molecule has 0 saturated carbocycles. The molecule has 2 atom stereocenters. The number of nitrogens with one attached hydrogen (secondary N) is 1. The van der Waals surface area contributed by atoms with Gasteiger partial charge in [-0.05, 0) is 35.7 Å². The minimum Gasteiger partial charge on any atom is -0.508 e. The number of fused-ring (bicyclic) bond motifs is 1. The highest BCUT2D eigenvalue weighted by molar-refractivity contribution is 9.10. The quantitative estimate of drug-likeness (QED) is 0.394. The summed E-state index contributed by atoms with van der Waals surface area (Å²) in [6.45, 7) is 0. The number of rotatable bonds is 7. The van der Waals surface area contributed by atoms with Crippen molar-refractivity contribution >= 4 is 44.5 Å². The average molecular weight is 486 g/mol. The predicted octanol–water partition coefficient (Wildman–Crippen LogP) is 5.25. The molecule has 0 aliphatic carbocycles. The van der Waals surface area contributed by atoms with Gasteiger partial charge < -0.3 is 19.7 Å². The van der Waals surface area contributed by atoms with Crippen LogP contribution in [0.3, 0.4) is 0 Å². The van der Waals surface area contributed by atoms with Crippen LogP contribution in [0.4, 0.5) is 10.5 Å². The van der Waals surface area contributed by atoms with Crippen LogP contribution in [0.5, 0.6) is 5.75 Å². The molecule has 0 spiro atoms. The SMILES string of the molecule is CO[C@@H](/C=C/C(=O)O)[C@@H](OC(=O)Nc1cccc2ccccc12)c1cc(Br)ccc1O. The van der Waals surface area contributed by atoms with Gasteiger partial charge in [-0.2, -0.15) is 0 Å². The Labute approximate surface area is 187 Å². The number of methoxy groups -OCH3 is 1. The average Bonchev–Trinajstić information content (AvgIpc) is 2.75. The summed E-state index contributed by atoms with van der Waals surface area (Å²) in [4.78, 5) is 23.7. The van der Waals surface area contributed by atoms with E-state index in [4.69, 9.17) is 14.6 Å². The van der Waals surface area contributed by atoms with Crippen molar-refractivity contribution < 1.29 is 29.3 Å². The Hall–Kier alpha value is -3.36. The van der Waals surface area contributed by atoms with Crippen LogP contribution in [0.2, 0.25) is 0 Å². The van der Waals surface area contributed by atoms with Crippen LogP contribution in [0.1, 0.15) is 11.7 Å². The number of hydrogen-bond acceptors (Lipinski definition) is 5. The van der Waals surface area contributed by atoms with Crippen LogP contribution >= 0.6 is 15.9 Å². The molecule has 31 heavy (non-hydrogen) atoms. The molecule has 0 aliphatic heterocycles. The Bertz CT molecular complexity index is 1120. The van der Waals surface area contributed by atoms with Crippen molar-refractivity contribution in [3.63, 3.8) is 0 Å². The molecule has 1 amide bonds. The van der Waals surface area contributed by atoms with E-state index in [1.807, 2.05) is 36.4 Å². The van der Waals surface area contributed by atoms with Crippen LogP contribution in [-0.2, 0) is 14.3 Å². The molecular weight excluding hydrogens is 466 g/mol. The van der Waals surface area contributed by atoms with Gasteiger partial charge in [0.2, 0.25) is 0 Å². The minimum atomic E-state index is -1.18. The van der Waals surface area contributed by atoms with Crippen molar-refractivity contribution in [1.82, 2.24) is 0 Å². The molecule has 8 heteroatoms. The van der Waals surface area contributed by atoms with Crippen molar-refractivity contribution in [3.8, 4) is 5.75 Å². The number of benzene rings is 3. The molecular formula is C23H20BrNO6. The third kappa shape index (κ3) is 5.62. The molecule has 3 aromatic carbocycles. The number of carboxylic acid groups (broad SMARTS) is 1. The summed E-state index contributed by atoms with van der Waals surface area (Å²) >= 11 is 3.32. The number of aliphatic carboxylic acids is 1. The lowest BCUT2D eigenvalue weighted by atomic mass is 10.0. The molecule has 0 unspecified atom stereocenters. The molecule has 0 saturated heterocycles. The number of anilines is 1. The molecule has 0 radical (unpaired) electrons. The first-order chi connectivity index (χ1) is 14.9.